The van der Waals surface area contributed by atoms with E-state index in [1.807, 2.05) is 12.1 Å². The molecule has 0 radical (unpaired) electrons. The first kappa shape index (κ1) is 9.97. The molecule has 1 heterocycles. The Bertz CT molecular complexity index is 282. The van der Waals surface area contributed by atoms with Gasteiger partial charge in [0, 0.05) is 39.5 Å². The van der Waals surface area contributed by atoms with E-state index in [1.165, 1.54) is 3.57 Å². The molecule has 1 fully saturated rings. The van der Waals surface area contributed by atoms with E-state index in [0.717, 1.165) is 18.8 Å². The minimum atomic E-state index is 0.386. The van der Waals surface area contributed by atoms with Gasteiger partial charge in [-0.05, 0) is 46.9 Å². The summed E-state index contributed by atoms with van der Waals surface area (Å²) in [5.41, 5.74) is 0. The van der Waals surface area contributed by atoms with E-state index in [2.05, 4.69) is 60.7 Å². The summed E-state index contributed by atoms with van der Waals surface area (Å²) in [5, 5.41) is 0. The summed E-state index contributed by atoms with van der Waals surface area (Å²) in [5.74, 6) is 0.981. The molecule has 13 heavy (non-hydrogen) atoms. The Balaban J connectivity index is 1.91. The van der Waals surface area contributed by atoms with Gasteiger partial charge in [0.1, 0.15) is 11.9 Å². The van der Waals surface area contributed by atoms with Crippen LogP contribution in [0.4, 0.5) is 0 Å². The smallest absolute Gasteiger partial charge is 0.126 e. The molecule has 1 aromatic rings. The van der Waals surface area contributed by atoms with Crippen molar-refractivity contribution < 1.29 is 4.74 Å². The highest BCUT2D eigenvalue weighted by Crippen LogP contribution is 2.20. The lowest BCUT2D eigenvalue weighted by Gasteiger charge is -2.34. The zero-order valence-corrected chi connectivity index (χ0v) is 11.2. The summed E-state index contributed by atoms with van der Waals surface area (Å²) >= 11 is 4.60. The monoisotopic (exact) mass is 401 g/mol. The van der Waals surface area contributed by atoms with Gasteiger partial charge >= 0.3 is 0 Å². The minimum Gasteiger partial charge on any atom is -0.488 e. The number of ether oxygens (including phenoxy) is 1. The van der Waals surface area contributed by atoms with Gasteiger partial charge < -0.3 is 4.74 Å². The fourth-order valence-corrected chi connectivity index (χ4v) is 2.41. The normalized spacial score (nSPS) is 18.3. The van der Waals surface area contributed by atoms with E-state index in [4.69, 9.17) is 4.74 Å². The molecule has 1 saturated heterocycles. The summed E-state index contributed by atoms with van der Waals surface area (Å²) < 4.78 is 9.19. The fraction of sp³-hybridized carbons (Fsp3) is 0.333. The van der Waals surface area contributed by atoms with Gasteiger partial charge in [-0.1, -0.05) is 0 Å². The molecule has 1 aliphatic heterocycles. The van der Waals surface area contributed by atoms with Crippen LogP contribution in [0.15, 0.2) is 24.3 Å². The van der Waals surface area contributed by atoms with E-state index >= 15 is 0 Å². The van der Waals surface area contributed by atoms with Crippen molar-refractivity contribution in [3.8, 4) is 5.75 Å². The van der Waals surface area contributed by atoms with Crippen LogP contribution in [0.25, 0.3) is 0 Å². The summed E-state index contributed by atoms with van der Waals surface area (Å²) in [6.07, 6.45) is 0.386. The average Bonchev–Trinajstić information content (AvgIpc) is 2.06. The maximum absolute atomic E-state index is 5.73. The lowest BCUT2D eigenvalue weighted by Crippen LogP contribution is -2.48. The van der Waals surface area contributed by atoms with E-state index in [0.29, 0.717) is 6.10 Å². The van der Waals surface area contributed by atoms with Crippen molar-refractivity contribution in [1.29, 1.82) is 0 Å². The van der Waals surface area contributed by atoms with Gasteiger partial charge in [-0.2, -0.15) is 0 Å². The van der Waals surface area contributed by atoms with Crippen molar-refractivity contribution in [2.75, 3.05) is 13.1 Å². The number of nitrogens with zero attached hydrogens (tertiary/aromatic N) is 1. The lowest BCUT2D eigenvalue weighted by atomic mass is 10.2. The Kier molecular flexibility index (Phi) is 3.31. The molecule has 0 saturated carbocycles. The van der Waals surface area contributed by atoms with Crippen molar-refractivity contribution in [2.24, 2.45) is 0 Å². The van der Waals surface area contributed by atoms with E-state index < -0.39 is 0 Å². The van der Waals surface area contributed by atoms with Gasteiger partial charge in [0.15, 0.2) is 0 Å². The third-order valence-corrected chi connectivity index (χ3v) is 3.43. The number of hydrogen-bond donors (Lipinski definition) is 0. The Labute approximate surface area is 105 Å². The average molecular weight is 401 g/mol. The molecule has 0 bridgehead atoms. The number of rotatable bonds is 2. The first-order valence-electron chi connectivity index (χ1n) is 4.07. The highest BCUT2D eigenvalue weighted by molar-refractivity contribution is 14.1. The van der Waals surface area contributed by atoms with Crippen LogP contribution in [0, 0.1) is 3.57 Å². The molecule has 2 rings (SSSR count). The molecule has 0 aliphatic carbocycles. The second kappa shape index (κ2) is 4.31. The van der Waals surface area contributed by atoms with Crippen molar-refractivity contribution in [1.82, 2.24) is 3.11 Å². The van der Waals surface area contributed by atoms with Crippen LogP contribution in [0.5, 0.6) is 5.75 Å². The molecule has 0 atom stereocenters. The Morgan fingerprint density at radius 2 is 1.85 bits per heavy atom. The Hall–Kier alpha value is 0.440. The SMILES string of the molecule is Ic1ccc(OC2CN(I)C2)cc1. The van der Waals surface area contributed by atoms with Crippen LogP contribution < -0.4 is 4.74 Å². The molecule has 0 spiro atoms. The van der Waals surface area contributed by atoms with Crippen molar-refractivity contribution in [3.63, 3.8) is 0 Å². The Morgan fingerprint density at radius 1 is 1.23 bits per heavy atom. The van der Waals surface area contributed by atoms with Crippen molar-refractivity contribution in [2.45, 2.75) is 6.10 Å². The number of benzene rings is 1. The molecule has 0 aromatic heterocycles. The first-order chi connectivity index (χ1) is 6.24. The molecular weight excluding hydrogens is 392 g/mol. The first-order valence-corrected chi connectivity index (χ1v) is 6.11. The van der Waals surface area contributed by atoms with E-state index in [1.54, 1.807) is 0 Å². The van der Waals surface area contributed by atoms with Crippen molar-refractivity contribution >= 4 is 45.5 Å². The molecule has 0 unspecified atom stereocenters. The zero-order valence-electron chi connectivity index (χ0n) is 6.91. The quantitative estimate of drug-likeness (QED) is 0.559. The second-order valence-electron chi connectivity index (χ2n) is 3.02. The third kappa shape index (κ3) is 2.69. The third-order valence-electron chi connectivity index (χ3n) is 1.92. The zero-order chi connectivity index (χ0) is 9.26. The number of halogens is 2. The fourth-order valence-electron chi connectivity index (χ4n) is 1.17. The van der Waals surface area contributed by atoms with E-state index in [9.17, 15) is 0 Å². The highest BCUT2D eigenvalue weighted by Gasteiger charge is 2.26. The van der Waals surface area contributed by atoms with Gasteiger partial charge in [-0.15, -0.1) is 0 Å². The molecule has 4 heteroatoms. The summed E-state index contributed by atoms with van der Waals surface area (Å²) in [4.78, 5) is 0. The molecule has 0 N–H and O–H groups in total. The highest BCUT2D eigenvalue weighted by atomic mass is 127. The van der Waals surface area contributed by atoms with Gasteiger partial charge in [0.05, 0.1) is 0 Å². The van der Waals surface area contributed by atoms with Crippen LogP contribution in [-0.2, 0) is 0 Å². The van der Waals surface area contributed by atoms with Gasteiger partial charge in [-0.3, -0.25) is 0 Å². The topological polar surface area (TPSA) is 12.5 Å². The molecule has 0 amide bonds. The second-order valence-corrected chi connectivity index (χ2v) is 5.63. The van der Waals surface area contributed by atoms with Crippen molar-refractivity contribution in [3.05, 3.63) is 27.8 Å². The van der Waals surface area contributed by atoms with Crippen LogP contribution >= 0.6 is 45.5 Å². The lowest BCUT2D eigenvalue weighted by molar-refractivity contribution is 0.0949. The van der Waals surface area contributed by atoms with Gasteiger partial charge in [0.2, 0.25) is 0 Å². The standard InChI is InChI=1S/C9H9I2NO/c10-7-1-3-8(4-2-7)13-9-5-12(11)6-9/h1-4,9H,5-6H2. The largest absolute Gasteiger partial charge is 0.488 e. The minimum absolute atomic E-state index is 0.386. The van der Waals surface area contributed by atoms with E-state index in [-0.39, 0.29) is 0 Å². The van der Waals surface area contributed by atoms with Crippen LogP contribution in [0.2, 0.25) is 0 Å². The number of hydrogen-bond acceptors (Lipinski definition) is 2. The maximum Gasteiger partial charge on any atom is 0.126 e. The summed E-state index contributed by atoms with van der Waals surface area (Å²) in [7, 11) is 0. The van der Waals surface area contributed by atoms with Crippen LogP contribution in [0.3, 0.4) is 0 Å². The van der Waals surface area contributed by atoms with Crippen LogP contribution in [-0.4, -0.2) is 22.3 Å². The van der Waals surface area contributed by atoms with Gasteiger partial charge in [-0.25, -0.2) is 3.11 Å². The molecule has 1 aromatic carbocycles. The molecule has 1 aliphatic rings. The summed E-state index contributed by atoms with van der Waals surface area (Å²) in [6, 6.07) is 8.18. The predicted molar refractivity (Wildman–Crippen MR) is 69.2 cm³/mol. The van der Waals surface area contributed by atoms with Crippen LogP contribution in [0.1, 0.15) is 0 Å². The maximum atomic E-state index is 5.73. The molecular formula is C9H9I2NO. The predicted octanol–water partition coefficient (Wildman–Crippen LogP) is 2.70. The Morgan fingerprint density at radius 3 is 2.38 bits per heavy atom. The summed E-state index contributed by atoms with van der Waals surface area (Å²) in [6.45, 7) is 2.07. The molecule has 2 nitrogen and oxygen atoms in total. The van der Waals surface area contributed by atoms with Gasteiger partial charge in [0.25, 0.3) is 0 Å². The molecule has 70 valence electrons.